The number of esters is 1. The number of alkyl halides is 3. The predicted octanol–water partition coefficient (Wildman–Crippen LogP) is 2.91. The van der Waals surface area contributed by atoms with Crippen molar-refractivity contribution >= 4 is 5.97 Å². The van der Waals surface area contributed by atoms with Crippen LogP contribution in [0.3, 0.4) is 0 Å². The third kappa shape index (κ3) is 3.56. The molecule has 2 atom stereocenters. The van der Waals surface area contributed by atoms with Crippen LogP contribution in [0.5, 0.6) is 0 Å². The smallest absolute Gasteiger partial charge is 0.416 e. The van der Waals surface area contributed by atoms with Gasteiger partial charge < -0.3 is 9.64 Å². The van der Waals surface area contributed by atoms with Gasteiger partial charge in [-0.15, -0.1) is 0 Å². The summed E-state index contributed by atoms with van der Waals surface area (Å²) in [5.74, 6) is -1.03. The van der Waals surface area contributed by atoms with Gasteiger partial charge in [-0.3, -0.25) is 4.79 Å². The molecule has 1 fully saturated rings. The van der Waals surface area contributed by atoms with Crippen LogP contribution >= 0.6 is 0 Å². The minimum absolute atomic E-state index is 0.279. The summed E-state index contributed by atoms with van der Waals surface area (Å²) in [5.41, 5.74) is -0.149. The Balaban J connectivity index is 2.34. The van der Waals surface area contributed by atoms with Gasteiger partial charge in [0.25, 0.3) is 0 Å². The highest BCUT2D eigenvalue weighted by Crippen LogP contribution is 2.36. The molecule has 21 heavy (non-hydrogen) atoms. The SMILES string of the molecule is COC(=O)C1CCN(C)CC1c1cccc(C(F)(F)F)c1. The number of methoxy groups -OCH3 is 1. The van der Waals surface area contributed by atoms with Crippen LogP contribution in [0, 0.1) is 5.92 Å². The minimum atomic E-state index is -4.38. The first-order valence-corrected chi connectivity index (χ1v) is 6.76. The molecule has 116 valence electrons. The quantitative estimate of drug-likeness (QED) is 0.787. The second-order valence-electron chi connectivity index (χ2n) is 5.41. The topological polar surface area (TPSA) is 29.5 Å². The number of carbonyl (C=O) groups is 1. The number of hydrogen-bond donors (Lipinski definition) is 0. The highest BCUT2D eigenvalue weighted by atomic mass is 19.4. The van der Waals surface area contributed by atoms with Gasteiger partial charge in [-0.05, 0) is 31.6 Å². The molecule has 1 aromatic rings. The molecule has 1 saturated heterocycles. The molecule has 1 heterocycles. The maximum atomic E-state index is 12.8. The number of hydrogen-bond acceptors (Lipinski definition) is 3. The van der Waals surface area contributed by atoms with Crippen molar-refractivity contribution < 1.29 is 22.7 Å². The van der Waals surface area contributed by atoms with Crippen LogP contribution in [-0.2, 0) is 15.7 Å². The van der Waals surface area contributed by atoms with Gasteiger partial charge in [0.2, 0.25) is 0 Å². The number of likely N-dealkylation sites (tertiary alicyclic amines) is 1. The summed E-state index contributed by atoms with van der Waals surface area (Å²) in [7, 11) is 3.21. The zero-order valence-corrected chi connectivity index (χ0v) is 12.0. The zero-order chi connectivity index (χ0) is 15.6. The summed E-state index contributed by atoms with van der Waals surface area (Å²) in [6.45, 7) is 1.27. The van der Waals surface area contributed by atoms with Gasteiger partial charge in [-0.2, -0.15) is 13.2 Å². The highest BCUT2D eigenvalue weighted by molar-refractivity contribution is 5.74. The lowest BCUT2D eigenvalue weighted by Crippen LogP contribution is -2.40. The van der Waals surface area contributed by atoms with E-state index in [0.29, 0.717) is 18.5 Å². The minimum Gasteiger partial charge on any atom is -0.469 e. The van der Waals surface area contributed by atoms with Crippen molar-refractivity contribution in [3.05, 3.63) is 35.4 Å². The van der Waals surface area contributed by atoms with Crippen LogP contribution in [0.15, 0.2) is 24.3 Å². The Hall–Kier alpha value is -1.56. The molecular formula is C15H18F3NO2. The number of ether oxygens (including phenoxy) is 1. The third-order valence-electron chi connectivity index (χ3n) is 3.96. The van der Waals surface area contributed by atoms with E-state index in [1.807, 2.05) is 11.9 Å². The molecule has 1 aliphatic heterocycles. The molecule has 2 rings (SSSR count). The molecule has 1 aliphatic rings. The Labute approximate surface area is 121 Å². The molecule has 0 spiro atoms. The van der Waals surface area contributed by atoms with E-state index in [0.717, 1.165) is 18.7 Å². The Bertz CT molecular complexity index is 516. The predicted molar refractivity (Wildman–Crippen MR) is 71.8 cm³/mol. The lowest BCUT2D eigenvalue weighted by atomic mass is 9.80. The third-order valence-corrected chi connectivity index (χ3v) is 3.96. The summed E-state index contributed by atoms with van der Waals surface area (Å²) in [6.07, 6.45) is -3.79. The molecule has 0 amide bonds. The first-order valence-electron chi connectivity index (χ1n) is 6.76. The van der Waals surface area contributed by atoms with Crippen molar-refractivity contribution in [3.8, 4) is 0 Å². The number of carbonyl (C=O) groups excluding carboxylic acids is 1. The van der Waals surface area contributed by atoms with Gasteiger partial charge >= 0.3 is 12.1 Å². The van der Waals surface area contributed by atoms with E-state index >= 15 is 0 Å². The van der Waals surface area contributed by atoms with Crippen molar-refractivity contribution in [1.29, 1.82) is 0 Å². The summed E-state index contributed by atoms with van der Waals surface area (Å²) in [5, 5.41) is 0. The van der Waals surface area contributed by atoms with Crippen molar-refractivity contribution in [2.24, 2.45) is 5.92 Å². The second-order valence-corrected chi connectivity index (χ2v) is 5.41. The van der Waals surface area contributed by atoms with Gasteiger partial charge in [-0.1, -0.05) is 18.2 Å². The number of benzene rings is 1. The highest BCUT2D eigenvalue weighted by Gasteiger charge is 2.36. The van der Waals surface area contributed by atoms with Crippen molar-refractivity contribution in [3.63, 3.8) is 0 Å². The van der Waals surface area contributed by atoms with E-state index in [1.165, 1.54) is 13.2 Å². The average Bonchev–Trinajstić information content (AvgIpc) is 2.45. The number of piperidine rings is 1. The van der Waals surface area contributed by atoms with Crippen LogP contribution in [0.2, 0.25) is 0 Å². The fraction of sp³-hybridized carbons (Fsp3) is 0.533. The van der Waals surface area contributed by atoms with E-state index in [9.17, 15) is 18.0 Å². The summed E-state index contributed by atoms with van der Waals surface area (Å²) in [6, 6.07) is 5.22. The first-order chi connectivity index (χ1) is 9.82. The molecule has 0 bridgehead atoms. The van der Waals surface area contributed by atoms with Gasteiger partial charge in [0.05, 0.1) is 18.6 Å². The number of likely N-dealkylation sites (N-methyl/N-ethyl adjacent to an activating group) is 1. The number of rotatable bonds is 2. The Morgan fingerprint density at radius 2 is 2.10 bits per heavy atom. The van der Waals surface area contributed by atoms with Crippen molar-refractivity contribution in [1.82, 2.24) is 4.90 Å². The largest absolute Gasteiger partial charge is 0.469 e. The summed E-state index contributed by atoms with van der Waals surface area (Å²) in [4.78, 5) is 13.9. The molecular weight excluding hydrogens is 283 g/mol. The summed E-state index contributed by atoms with van der Waals surface area (Å²) >= 11 is 0. The Morgan fingerprint density at radius 1 is 1.38 bits per heavy atom. The first kappa shape index (κ1) is 15.8. The van der Waals surface area contributed by atoms with Crippen LogP contribution in [0.1, 0.15) is 23.5 Å². The number of nitrogens with zero attached hydrogens (tertiary/aromatic N) is 1. The fourth-order valence-corrected chi connectivity index (χ4v) is 2.83. The maximum absolute atomic E-state index is 12.8. The van der Waals surface area contributed by atoms with Gasteiger partial charge in [0.1, 0.15) is 0 Å². The van der Waals surface area contributed by atoms with Gasteiger partial charge in [0, 0.05) is 12.5 Å². The molecule has 6 heteroatoms. The van der Waals surface area contributed by atoms with Crippen LogP contribution < -0.4 is 0 Å². The van der Waals surface area contributed by atoms with E-state index in [1.54, 1.807) is 6.07 Å². The molecule has 1 aromatic carbocycles. The van der Waals surface area contributed by atoms with E-state index < -0.39 is 17.7 Å². The molecule has 0 saturated carbocycles. The van der Waals surface area contributed by atoms with E-state index in [-0.39, 0.29) is 11.9 Å². The Morgan fingerprint density at radius 3 is 2.71 bits per heavy atom. The monoisotopic (exact) mass is 301 g/mol. The second kappa shape index (κ2) is 6.05. The maximum Gasteiger partial charge on any atom is 0.416 e. The van der Waals surface area contributed by atoms with Gasteiger partial charge in [0.15, 0.2) is 0 Å². The zero-order valence-electron chi connectivity index (χ0n) is 12.0. The summed E-state index contributed by atoms with van der Waals surface area (Å²) < 4.78 is 43.3. The van der Waals surface area contributed by atoms with E-state index in [2.05, 4.69) is 0 Å². The lowest BCUT2D eigenvalue weighted by molar-refractivity contribution is -0.147. The number of halogens is 3. The van der Waals surface area contributed by atoms with Crippen molar-refractivity contribution in [2.45, 2.75) is 18.5 Å². The van der Waals surface area contributed by atoms with E-state index in [4.69, 9.17) is 4.74 Å². The molecule has 3 nitrogen and oxygen atoms in total. The van der Waals surface area contributed by atoms with Crippen molar-refractivity contribution in [2.75, 3.05) is 27.2 Å². The lowest BCUT2D eigenvalue weighted by Gasteiger charge is -2.35. The molecule has 2 unspecified atom stereocenters. The van der Waals surface area contributed by atoms with Gasteiger partial charge in [-0.25, -0.2) is 0 Å². The normalized spacial score (nSPS) is 23.9. The Kier molecular flexibility index (Phi) is 4.56. The molecule has 0 N–H and O–H groups in total. The van der Waals surface area contributed by atoms with Crippen LogP contribution in [0.25, 0.3) is 0 Å². The van der Waals surface area contributed by atoms with Crippen LogP contribution in [0.4, 0.5) is 13.2 Å². The molecule has 0 aromatic heterocycles. The average molecular weight is 301 g/mol. The fourth-order valence-electron chi connectivity index (χ4n) is 2.83. The molecule has 0 aliphatic carbocycles. The van der Waals surface area contributed by atoms with Crippen LogP contribution in [-0.4, -0.2) is 38.1 Å². The standard InChI is InChI=1S/C15H18F3NO2/c1-19-7-6-12(14(20)21-2)13(9-19)10-4-3-5-11(8-10)15(16,17)18/h3-5,8,12-13H,6-7,9H2,1-2H3. The molecule has 0 radical (unpaired) electrons.